The SMILES string of the molecule is CNC(=O)Nc1cccc(NC(=O)c2ccccc2OCc2c(C)noc2C)c1. The maximum absolute atomic E-state index is 12.8. The molecule has 0 aliphatic rings. The lowest BCUT2D eigenvalue weighted by molar-refractivity contribution is 0.102. The van der Waals surface area contributed by atoms with Crippen molar-refractivity contribution in [3.8, 4) is 5.75 Å². The van der Waals surface area contributed by atoms with Crippen LogP contribution < -0.4 is 20.7 Å². The fourth-order valence-electron chi connectivity index (χ4n) is 2.70. The fraction of sp³-hybridized carbons (Fsp3) is 0.190. The molecule has 0 spiro atoms. The van der Waals surface area contributed by atoms with E-state index >= 15 is 0 Å². The van der Waals surface area contributed by atoms with Crippen LogP contribution in [0.2, 0.25) is 0 Å². The Morgan fingerprint density at radius 1 is 1.03 bits per heavy atom. The first-order chi connectivity index (χ1) is 14.0. The molecule has 3 rings (SSSR count). The Morgan fingerprint density at radius 3 is 2.45 bits per heavy atom. The van der Waals surface area contributed by atoms with Crippen LogP contribution in [0.1, 0.15) is 27.4 Å². The predicted molar refractivity (Wildman–Crippen MR) is 109 cm³/mol. The number of carbonyl (C=O) groups excluding carboxylic acids is 2. The van der Waals surface area contributed by atoms with Crippen molar-refractivity contribution in [3.63, 3.8) is 0 Å². The molecule has 8 nitrogen and oxygen atoms in total. The van der Waals surface area contributed by atoms with E-state index in [9.17, 15) is 9.59 Å². The molecular weight excluding hydrogens is 372 g/mol. The molecule has 0 aliphatic heterocycles. The molecule has 3 aromatic rings. The van der Waals surface area contributed by atoms with Gasteiger partial charge in [0.05, 0.1) is 16.8 Å². The van der Waals surface area contributed by atoms with Gasteiger partial charge in [0, 0.05) is 18.4 Å². The Bertz CT molecular complexity index is 1010. The summed E-state index contributed by atoms with van der Waals surface area (Å²) in [5.74, 6) is 0.811. The van der Waals surface area contributed by atoms with Gasteiger partial charge in [-0.15, -0.1) is 0 Å². The molecule has 3 amide bonds. The standard InChI is InChI=1S/C21H22N4O4/c1-13-18(14(2)29-25-13)12-28-19-10-5-4-9-17(19)20(26)23-15-7-6-8-16(11-15)24-21(27)22-3/h4-11H,12H2,1-3H3,(H,23,26)(H2,22,24,27). The number of benzene rings is 2. The van der Waals surface area contributed by atoms with E-state index in [4.69, 9.17) is 9.26 Å². The summed E-state index contributed by atoms with van der Waals surface area (Å²) in [6.45, 7) is 3.90. The van der Waals surface area contributed by atoms with Crippen LogP contribution in [0.3, 0.4) is 0 Å². The van der Waals surface area contributed by atoms with Crippen LogP contribution in [0.5, 0.6) is 5.75 Å². The van der Waals surface area contributed by atoms with E-state index in [2.05, 4.69) is 21.1 Å². The number of ether oxygens (including phenoxy) is 1. The van der Waals surface area contributed by atoms with Crippen LogP contribution in [0.25, 0.3) is 0 Å². The van der Waals surface area contributed by atoms with Crippen molar-refractivity contribution >= 4 is 23.3 Å². The number of carbonyl (C=O) groups is 2. The molecule has 1 heterocycles. The average Bonchev–Trinajstić information content (AvgIpc) is 3.04. The highest BCUT2D eigenvalue weighted by Crippen LogP contribution is 2.23. The van der Waals surface area contributed by atoms with Crippen molar-refractivity contribution in [1.82, 2.24) is 10.5 Å². The van der Waals surface area contributed by atoms with Crippen LogP contribution in [-0.2, 0) is 6.61 Å². The highest BCUT2D eigenvalue weighted by atomic mass is 16.5. The molecule has 0 saturated heterocycles. The molecule has 0 fully saturated rings. The molecule has 29 heavy (non-hydrogen) atoms. The normalized spacial score (nSPS) is 10.3. The van der Waals surface area contributed by atoms with Crippen LogP contribution in [0.15, 0.2) is 53.1 Å². The Hall–Kier alpha value is -3.81. The van der Waals surface area contributed by atoms with Gasteiger partial charge in [0.1, 0.15) is 18.1 Å². The summed E-state index contributed by atoms with van der Waals surface area (Å²) >= 11 is 0. The van der Waals surface area contributed by atoms with Gasteiger partial charge in [-0.1, -0.05) is 23.4 Å². The minimum atomic E-state index is -0.341. The molecular formula is C21H22N4O4. The maximum atomic E-state index is 12.8. The average molecular weight is 394 g/mol. The minimum Gasteiger partial charge on any atom is -0.488 e. The van der Waals surface area contributed by atoms with E-state index in [0.717, 1.165) is 11.3 Å². The largest absolute Gasteiger partial charge is 0.488 e. The van der Waals surface area contributed by atoms with Gasteiger partial charge in [-0.3, -0.25) is 4.79 Å². The zero-order valence-corrected chi connectivity index (χ0v) is 16.4. The summed E-state index contributed by atoms with van der Waals surface area (Å²) in [4.78, 5) is 24.3. The van der Waals surface area contributed by atoms with E-state index in [-0.39, 0.29) is 18.5 Å². The molecule has 150 valence electrons. The third-order valence-corrected chi connectivity index (χ3v) is 4.29. The predicted octanol–water partition coefficient (Wildman–Crippen LogP) is 3.87. The highest BCUT2D eigenvalue weighted by molar-refractivity contribution is 6.06. The Kier molecular flexibility index (Phi) is 6.13. The third kappa shape index (κ3) is 4.92. The summed E-state index contributed by atoms with van der Waals surface area (Å²) in [5, 5.41) is 11.9. The van der Waals surface area contributed by atoms with Crippen molar-refractivity contribution < 1.29 is 18.8 Å². The molecule has 0 aliphatic carbocycles. The monoisotopic (exact) mass is 394 g/mol. The lowest BCUT2D eigenvalue weighted by Gasteiger charge is -2.12. The number of anilines is 2. The molecule has 3 N–H and O–H groups in total. The lowest BCUT2D eigenvalue weighted by Crippen LogP contribution is -2.24. The topological polar surface area (TPSA) is 105 Å². The molecule has 0 atom stereocenters. The van der Waals surface area contributed by atoms with E-state index in [1.165, 1.54) is 7.05 Å². The first-order valence-corrected chi connectivity index (χ1v) is 9.01. The summed E-state index contributed by atoms with van der Waals surface area (Å²) < 4.78 is 11.0. The summed E-state index contributed by atoms with van der Waals surface area (Å²) in [7, 11) is 1.53. The Balaban J connectivity index is 1.73. The van der Waals surface area contributed by atoms with Crippen molar-refractivity contribution in [3.05, 3.63) is 71.1 Å². The smallest absolute Gasteiger partial charge is 0.318 e. The number of urea groups is 1. The lowest BCUT2D eigenvalue weighted by atomic mass is 10.1. The third-order valence-electron chi connectivity index (χ3n) is 4.29. The van der Waals surface area contributed by atoms with Gasteiger partial charge in [-0.2, -0.15) is 0 Å². The van der Waals surface area contributed by atoms with Gasteiger partial charge in [-0.05, 0) is 44.2 Å². The minimum absolute atomic E-state index is 0.247. The first kappa shape index (κ1) is 19.9. The van der Waals surface area contributed by atoms with Crippen molar-refractivity contribution in [1.29, 1.82) is 0 Å². The number of amides is 3. The molecule has 0 saturated carbocycles. The number of para-hydroxylation sites is 1. The van der Waals surface area contributed by atoms with Crippen LogP contribution in [-0.4, -0.2) is 24.1 Å². The second-order valence-corrected chi connectivity index (χ2v) is 6.33. The van der Waals surface area contributed by atoms with Crippen LogP contribution in [0, 0.1) is 13.8 Å². The van der Waals surface area contributed by atoms with Crippen molar-refractivity contribution in [2.45, 2.75) is 20.5 Å². The molecule has 0 bridgehead atoms. The number of hydrogen-bond donors (Lipinski definition) is 3. The second-order valence-electron chi connectivity index (χ2n) is 6.33. The van der Waals surface area contributed by atoms with E-state index in [1.807, 2.05) is 13.8 Å². The quantitative estimate of drug-likeness (QED) is 0.588. The van der Waals surface area contributed by atoms with Gasteiger partial charge >= 0.3 is 6.03 Å². The first-order valence-electron chi connectivity index (χ1n) is 9.01. The van der Waals surface area contributed by atoms with Gasteiger partial charge in [-0.25, -0.2) is 4.79 Å². The summed E-state index contributed by atoms with van der Waals surface area (Å²) in [5.41, 5.74) is 3.11. The number of nitrogens with zero attached hydrogens (tertiary/aromatic N) is 1. The van der Waals surface area contributed by atoms with Crippen LogP contribution >= 0.6 is 0 Å². The van der Waals surface area contributed by atoms with E-state index < -0.39 is 0 Å². The summed E-state index contributed by atoms with van der Waals surface area (Å²) in [6, 6.07) is 13.5. The second kappa shape index (κ2) is 8.92. The molecule has 2 aromatic carbocycles. The number of rotatable bonds is 6. The summed E-state index contributed by atoms with van der Waals surface area (Å²) in [6.07, 6.45) is 0. The molecule has 0 unspecified atom stereocenters. The zero-order valence-electron chi connectivity index (χ0n) is 16.4. The van der Waals surface area contributed by atoms with Crippen molar-refractivity contribution in [2.75, 3.05) is 17.7 Å². The van der Waals surface area contributed by atoms with E-state index in [0.29, 0.717) is 28.4 Å². The molecule has 0 radical (unpaired) electrons. The fourth-order valence-corrected chi connectivity index (χ4v) is 2.70. The van der Waals surface area contributed by atoms with Gasteiger partial charge < -0.3 is 25.2 Å². The van der Waals surface area contributed by atoms with Crippen molar-refractivity contribution in [2.24, 2.45) is 0 Å². The van der Waals surface area contributed by atoms with E-state index in [1.54, 1.807) is 48.5 Å². The maximum Gasteiger partial charge on any atom is 0.318 e. The number of nitrogens with one attached hydrogen (secondary N) is 3. The van der Waals surface area contributed by atoms with Crippen LogP contribution in [0.4, 0.5) is 16.2 Å². The molecule has 1 aromatic heterocycles. The number of aryl methyl sites for hydroxylation is 2. The van der Waals surface area contributed by atoms with Gasteiger partial charge in [0.25, 0.3) is 5.91 Å². The Morgan fingerprint density at radius 2 is 1.76 bits per heavy atom. The van der Waals surface area contributed by atoms with Gasteiger partial charge in [0.2, 0.25) is 0 Å². The highest BCUT2D eigenvalue weighted by Gasteiger charge is 2.15. The Labute approximate surface area is 168 Å². The number of hydrogen-bond acceptors (Lipinski definition) is 5. The number of aromatic nitrogens is 1. The zero-order chi connectivity index (χ0) is 20.8. The molecule has 8 heteroatoms. The van der Waals surface area contributed by atoms with Gasteiger partial charge in [0.15, 0.2) is 0 Å².